The van der Waals surface area contributed by atoms with Crippen molar-refractivity contribution in [2.75, 3.05) is 18.6 Å². The van der Waals surface area contributed by atoms with Crippen LogP contribution < -0.4 is 5.32 Å². The fraction of sp³-hybridized carbons (Fsp3) is 1.00. The molecular weight excluding hydrogens is 178 g/mol. The third-order valence-electron chi connectivity index (χ3n) is 2.38. The van der Waals surface area contributed by atoms with Crippen LogP contribution in [0.15, 0.2) is 0 Å². The maximum atomic E-state index is 3.55. The van der Waals surface area contributed by atoms with Gasteiger partial charge in [-0.15, -0.1) is 0 Å². The molecule has 0 amide bonds. The largest absolute Gasteiger partial charge is 0.314 e. The molecule has 0 radical (unpaired) electrons. The zero-order valence-corrected chi connectivity index (χ0v) is 10.4. The summed E-state index contributed by atoms with van der Waals surface area (Å²) < 4.78 is 0. The van der Waals surface area contributed by atoms with E-state index in [0.29, 0.717) is 0 Å². The predicted octanol–water partition coefficient (Wildman–Crippen LogP) is 3.15. The van der Waals surface area contributed by atoms with Crippen molar-refractivity contribution in [1.82, 2.24) is 5.32 Å². The Kier molecular flexibility index (Phi) is 9.10. The molecule has 1 unspecified atom stereocenters. The standard InChI is InChI=1S/C11H25NS/c1-5-12-11(10(2)3)8-6-7-9-13-4/h10-12H,5-9H2,1-4H3. The smallest absolute Gasteiger partial charge is 0.00899 e. The van der Waals surface area contributed by atoms with Gasteiger partial charge in [-0.1, -0.05) is 27.2 Å². The minimum atomic E-state index is 0.729. The fourth-order valence-corrected chi connectivity index (χ4v) is 2.04. The van der Waals surface area contributed by atoms with Crippen LogP contribution in [0.3, 0.4) is 0 Å². The lowest BCUT2D eigenvalue weighted by atomic mass is 9.98. The van der Waals surface area contributed by atoms with Crippen molar-refractivity contribution in [3.8, 4) is 0 Å². The van der Waals surface area contributed by atoms with E-state index in [2.05, 4.69) is 32.3 Å². The van der Waals surface area contributed by atoms with E-state index in [1.165, 1.54) is 25.0 Å². The van der Waals surface area contributed by atoms with Gasteiger partial charge < -0.3 is 5.32 Å². The summed E-state index contributed by atoms with van der Waals surface area (Å²) in [6.07, 6.45) is 6.27. The molecule has 0 bridgehead atoms. The van der Waals surface area contributed by atoms with E-state index in [0.717, 1.165) is 18.5 Å². The molecule has 0 spiro atoms. The Labute approximate surface area is 88.1 Å². The molecule has 0 fully saturated rings. The number of unbranched alkanes of at least 4 members (excludes halogenated alkanes) is 1. The Balaban J connectivity index is 3.45. The van der Waals surface area contributed by atoms with Crippen molar-refractivity contribution in [1.29, 1.82) is 0 Å². The van der Waals surface area contributed by atoms with Crippen LogP contribution in [0.4, 0.5) is 0 Å². The Hall–Kier alpha value is 0.310. The van der Waals surface area contributed by atoms with E-state index < -0.39 is 0 Å². The highest BCUT2D eigenvalue weighted by Gasteiger charge is 2.10. The van der Waals surface area contributed by atoms with Gasteiger partial charge in [0.25, 0.3) is 0 Å². The first-order chi connectivity index (χ1) is 6.22. The maximum Gasteiger partial charge on any atom is 0.00899 e. The molecule has 0 aromatic rings. The van der Waals surface area contributed by atoms with Crippen molar-refractivity contribution >= 4 is 11.8 Å². The number of hydrogen-bond donors (Lipinski definition) is 1. The van der Waals surface area contributed by atoms with Crippen LogP contribution in [-0.4, -0.2) is 24.6 Å². The number of nitrogens with one attached hydrogen (secondary N) is 1. The van der Waals surface area contributed by atoms with Gasteiger partial charge in [0.05, 0.1) is 0 Å². The zero-order chi connectivity index (χ0) is 10.1. The summed E-state index contributed by atoms with van der Waals surface area (Å²) in [7, 11) is 0. The molecule has 1 N–H and O–H groups in total. The molecule has 0 saturated carbocycles. The van der Waals surface area contributed by atoms with Gasteiger partial charge in [0, 0.05) is 6.04 Å². The molecule has 1 atom stereocenters. The van der Waals surface area contributed by atoms with Crippen molar-refractivity contribution in [3.63, 3.8) is 0 Å². The summed E-state index contributed by atoms with van der Waals surface area (Å²) in [6.45, 7) is 7.91. The third-order valence-corrected chi connectivity index (χ3v) is 3.08. The summed E-state index contributed by atoms with van der Waals surface area (Å²) in [5.74, 6) is 2.09. The molecular formula is C11H25NS. The fourth-order valence-electron chi connectivity index (χ4n) is 1.54. The van der Waals surface area contributed by atoms with E-state index in [9.17, 15) is 0 Å². The Morgan fingerprint density at radius 1 is 1.23 bits per heavy atom. The lowest BCUT2D eigenvalue weighted by Gasteiger charge is -2.21. The summed E-state index contributed by atoms with van der Waals surface area (Å²) >= 11 is 1.95. The van der Waals surface area contributed by atoms with Crippen LogP contribution in [0.25, 0.3) is 0 Å². The van der Waals surface area contributed by atoms with E-state index >= 15 is 0 Å². The minimum Gasteiger partial charge on any atom is -0.314 e. The molecule has 0 aliphatic rings. The van der Waals surface area contributed by atoms with Crippen LogP contribution in [0.5, 0.6) is 0 Å². The van der Waals surface area contributed by atoms with E-state index in [-0.39, 0.29) is 0 Å². The topological polar surface area (TPSA) is 12.0 Å². The van der Waals surface area contributed by atoms with Gasteiger partial charge >= 0.3 is 0 Å². The molecule has 1 nitrogen and oxygen atoms in total. The second-order valence-electron chi connectivity index (χ2n) is 3.90. The molecule has 80 valence electrons. The van der Waals surface area contributed by atoms with Crippen LogP contribution in [0.1, 0.15) is 40.0 Å². The van der Waals surface area contributed by atoms with Crippen molar-refractivity contribution < 1.29 is 0 Å². The van der Waals surface area contributed by atoms with Gasteiger partial charge in [0.15, 0.2) is 0 Å². The van der Waals surface area contributed by atoms with Crippen molar-refractivity contribution in [2.45, 2.75) is 46.1 Å². The van der Waals surface area contributed by atoms with E-state index in [4.69, 9.17) is 0 Å². The van der Waals surface area contributed by atoms with Gasteiger partial charge in [0.2, 0.25) is 0 Å². The molecule has 0 aromatic carbocycles. The summed E-state index contributed by atoms with van der Waals surface area (Å²) in [5.41, 5.74) is 0. The van der Waals surface area contributed by atoms with Gasteiger partial charge in [-0.05, 0) is 37.3 Å². The van der Waals surface area contributed by atoms with Crippen LogP contribution in [-0.2, 0) is 0 Å². The lowest BCUT2D eigenvalue weighted by molar-refractivity contribution is 0.376. The first-order valence-electron chi connectivity index (χ1n) is 5.44. The molecule has 0 heterocycles. The highest BCUT2D eigenvalue weighted by molar-refractivity contribution is 7.98. The molecule has 0 rings (SSSR count). The summed E-state index contributed by atoms with van der Waals surface area (Å²) in [6, 6.07) is 0.729. The van der Waals surface area contributed by atoms with Gasteiger partial charge in [-0.2, -0.15) is 11.8 Å². The highest BCUT2D eigenvalue weighted by atomic mass is 32.2. The normalized spacial score (nSPS) is 13.6. The molecule has 0 aromatic heterocycles. The first kappa shape index (κ1) is 13.3. The second-order valence-corrected chi connectivity index (χ2v) is 4.88. The molecule has 0 aliphatic heterocycles. The SMILES string of the molecule is CCNC(CCCCSC)C(C)C. The average molecular weight is 203 g/mol. The molecule has 2 heteroatoms. The van der Waals surface area contributed by atoms with Crippen LogP contribution in [0.2, 0.25) is 0 Å². The molecule has 0 aliphatic carbocycles. The lowest BCUT2D eigenvalue weighted by Crippen LogP contribution is -2.33. The van der Waals surface area contributed by atoms with E-state index in [1.54, 1.807) is 0 Å². The third kappa shape index (κ3) is 7.39. The van der Waals surface area contributed by atoms with Gasteiger partial charge in [-0.3, -0.25) is 0 Å². The minimum absolute atomic E-state index is 0.729. The van der Waals surface area contributed by atoms with Gasteiger partial charge in [-0.25, -0.2) is 0 Å². The highest BCUT2D eigenvalue weighted by Crippen LogP contribution is 2.11. The maximum absolute atomic E-state index is 3.55. The molecule has 0 saturated heterocycles. The Morgan fingerprint density at radius 2 is 1.92 bits per heavy atom. The van der Waals surface area contributed by atoms with Crippen molar-refractivity contribution in [3.05, 3.63) is 0 Å². The summed E-state index contributed by atoms with van der Waals surface area (Å²) in [4.78, 5) is 0. The van der Waals surface area contributed by atoms with Crippen LogP contribution in [0, 0.1) is 5.92 Å². The Bertz CT molecular complexity index is 104. The summed E-state index contributed by atoms with van der Waals surface area (Å²) in [5, 5.41) is 3.55. The number of rotatable bonds is 8. The van der Waals surface area contributed by atoms with Crippen LogP contribution >= 0.6 is 11.8 Å². The zero-order valence-electron chi connectivity index (χ0n) is 9.60. The second kappa shape index (κ2) is 8.89. The number of thioether (sulfide) groups is 1. The van der Waals surface area contributed by atoms with Crippen molar-refractivity contribution in [2.24, 2.45) is 5.92 Å². The quantitative estimate of drug-likeness (QED) is 0.608. The number of hydrogen-bond acceptors (Lipinski definition) is 2. The average Bonchev–Trinajstić information content (AvgIpc) is 2.10. The van der Waals surface area contributed by atoms with E-state index in [1.807, 2.05) is 11.8 Å². The predicted molar refractivity (Wildman–Crippen MR) is 64.5 cm³/mol. The monoisotopic (exact) mass is 203 g/mol. The van der Waals surface area contributed by atoms with Gasteiger partial charge in [0.1, 0.15) is 0 Å². The Morgan fingerprint density at radius 3 is 2.38 bits per heavy atom. The molecule has 13 heavy (non-hydrogen) atoms. The first-order valence-corrected chi connectivity index (χ1v) is 6.84.